The van der Waals surface area contributed by atoms with E-state index in [0.29, 0.717) is 17.9 Å². The van der Waals surface area contributed by atoms with Crippen molar-refractivity contribution >= 4 is 32.9 Å². The van der Waals surface area contributed by atoms with Crippen molar-refractivity contribution in [3.8, 4) is 5.75 Å². The lowest BCUT2D eigenvalue weighted by atomic mass is 10.2. The van der Waals surface area contributed by atoms with Crippen LogP contribution in [0.4, 0.5) is 5.69 Å². The van der Waals surface area contributed by atoms with E-state index in [0.717, 1.165) is 5.56 Å². The summed E-state index contributed by atoms with van der Waals surface area (Å²) in [6.07, 6.45) is 0.318. The predicted molar refractivity (Wildman–Crippen MR) is 81.1 cm³/mol. The topological polar surface area (TPSA) is 81.4 Å². The maximum Gasteiger partial charge on any atom is 0.242 e. The average molecular weight is 302 g/mol. The van der Waals surface area contributed by atoms with E-state index >= 15 is 0 Å². The Morgan fingerprint density at radius 3 is 2.63 bits per heavy atom. The van der Waals surface area contributed by atoms with Gasteiger partial charge in [0.15, 0.2) is 0 Å². The van der Waals surface area contributed by atoms with Crippen molar-refractivity contribution in [3.63, 3.8) is 0 Å². The lowest BCUT2D eigenvalue weighted by molar-refractivity contribution is 0.417. The molecule has 0 aliphatic rings. The van der Waals surface area contributed by atoms with Gasteiger partial charge >= 0.3 is 0 Å². The summed E-state index contributed by atoms with van der Waals surface area (Å²) in [5.41, 5.74) is 6.77. The number of aryl methyl sites for hydroxylation is 1. The third-order valence-electron chi connectivity index (χ3n) is 2.67. The van der Waals surface area contributed by atoms with Crippen LogP contribution >= 0.6 is 12.2 Å². The predicted octanol–water partition coefficient (Wildman–Crippen LogP) is 1.81. The number of methoxy groups -OCH3 is 1. The minimum atomic E-state index is -3.67. The number of hydrogen-bond donors (Lipinski definition) is 2. The molecule has 19 heavy (non-hydrogen) atoms. The van der Waals surface area contributed by atoms with Crippen molar-refractivity contribution in [2.45, 2.75) is 25.5 Å². The molecule has 0 saturated carbocycles. The lowest BCUT2D eigenvalue weighted by Gasteiger charge is -2.17. The summed E-state index contributed by atoms with van der Waals surface area (Å²) in [6.45, 7) is 3.58. The highest BCUT2D eigenvalue weighted by Crippen LogP contribution is 2.27. The molecule has 0 heterocycles. The van der Waals surface area contributed by atoms with Gasteiger partial charge in [0.2, 0.25) is 10.0 Å². The van der Waals surface area contributed by atoms with Gasteiger partial charge in [0.25, 0.3) is 0 Å². The first kappa shape index (κ1) is 15.7. The van der Waals surface area contributed by atoms with Crippen LogP contribution in [0, 0.1) is 6.92 Å². The number of sulfonamides is 1. The largest absolute Gasteiger partial charge is 0.495 e. The second kappa shape index (κ2) is 6.21. The molecular formula is C12H18N2O3S2. The monoisotopic (exact) mass is 302 g/mol. The average Bonchev–Trinajstić information content (AvgIpc) is 2.28. The molecule has 1 atom stereocenters. The number of nitrogens with two attached hydrogens (primary N) is 1. The quantitative estimate of drug-likeness (QED) is 0.783. The van der Waals surface area contributed by atoms with Gasteiger partial charge in [0, 0.05) is 0 Å². The molecule has 1 aromatic carbocycles. The van der Waals surface area contributed by atoms with Crippen LogP contribution < -0.4 is 15.2 Å². The van der Waals surface area contributed by atoms with Crippen molar-refractivity contribution in [3.05, 3.63) is 23.8 Å². The minimum Gasteiger partial charge on any atom is -0.495 e. The third-order valence-corrected chi connectivity index (χ3v) is 4.94. The molecule has 5 nitrogen and oxygen atoms in total. The smallest absolute Gasteiger partial charge is 0.242 e. The Kier molecular flexibility index (Phi) is 5.13. The fourth-order valence-corrected chi connectivity index (χ4v) is 3.60. The third kappa shape index (κ3) is 3.81. The number of anilines is 1. The Morgan fingerprint density at radius 2 is 2.16 bits per heavy atom. The van der Waals surface area contributed by atoms with Crippen molar-refractivity contribution in [2.24, 2.45) is 5.73 Å². The highest BCUT2D eigenvalue weighted by Gasteiger charge is 2.27. The Bertz CT molecular complexity index is 570. The highest BCUT2D eigenvalue weighted by molar-refractivity contribution is 7.95. The van der Waals surface area contributed by atoms with Crippen molar-refractivity contribution < 1.29 is 13.2 Å². The van der Waals surface area contributed by atoms with Crippen LogP contribution in [0.15, 0.2) is 18.2 Å². The zero-order valence-electron chi connectivity index (χ0n) is 11.1. The first-order valence-corrected chi connectivity index (χ1v) is 7.72. The SMILES string of the molecule is CCC(C(N)=S)S(=O)(=O)Nc1cc(C)ccc1OC. The molecule has 1 unspecified atom stereocenters. The summed E-state index contributed by atoms with van der Waals surface area (Å²) >= 11 is 4.79. The van der Waals surface area contributed by atoms with Crippen LogP contribution in [0.1, 0.15) is 18.9 Å². The lowest BCUT2D eigenvalue weighted by Crippen LogP contribution is -2.37. The van der Waals surface area contributed by atoms with Crippen LogP contribution in [0.3, 0.4) is 0 Å². The van der Waals surface area contributed by atoms with Gasteiger partial charge in [-0.25, -0.2) is 8.42 Å². The first-order valence-electron chi connectivity index (χ1n) is 5.77. The Hall–Kier alpha value is -1.34. The molecule has 0 saturated heterocycles. The first-order chi connectivity index (χ1) is 8.81. The van der Waals surface area contributed by atoms with Gasteiger partial charge in [-0.15, -0.1) is 0 Å². The molecule has 0 amide bonds. The van der Waals surface area contributed by atoms with Gasteiger partial charge in [-0.2, -0.15) is 0 Å². The molecule has 0 spiro atoms. The van der Waals surface area contributed by atoms with Crippen LogP contribution in [-0.4, -0.2) is 25.8 Å². The van der Waals surface area contributed by atoms with Gasteiger partial charge in [0.05, 0.1) is 17.8 Å². The minimum absolute atomic E-state index is 0.0402. The summed E-state index contributed by atoms with van der Waals surface area (Å²) in [6, 6.07) is 5.24. The maximum absolute atomic E-state index is 12.2. The van der Waals surface area contributed by atoms with Gasteiger partial charge in [-0.05, 0) is 31.0 Å². The fourth-order valence-electron chi connectivity index (χ4n) is 1.70. The summed E-state index contributed by atoms with van der Waals surface area (Å²) in [5.74, 6) is 0.451. The number of nitrogens with one attached hydrogen (secondary N) is 1. The summed E-state index contributed by atoms with van der Waals surface area (Å²) in [5, 5.41) is -0.896. The van der Waals surface area contributed by atoms with Gasteiger partial charge in [-0.3, -0.25) is 4.72 Å². The molecule has 106 valence electrons. The van der Waals surface area contributed by atoms with E-state index in [2.05, 4.69) is 4.72 Å². The van der Waals surface area contributed by atoms with Gasteiger partial charge in [-0.1, -0.05) is 25.2 Å². The number of rotatable bonds is 6. The Morgan fingerprint density at radius 1 is 1.53 bits per heavy atom. The molecule has 0 aromatic heterocycles. The molecule has 0 bridgehead atoms. The normalized spacial score (nSPS) is 12.8. The standard InChI is InChI=1S/C12H18N2O3S2/c1-4-11(12(13)18)19(15,16)14-9-7-8(2)5-6-10(9)17-3/h5-7,11,14H,4H2,1-3H3,(H2,13,18). The molecule has 0 radical (unpaired) electrons. The number of hydrogen-bond acceptors (Lipinski definition) is 4. The number of benzene rings is 1. The number of thiocarbonyl (C=S) groups is 1. The van der Waals surface area contributed by atoms with E-state index in [1.807, 2.05) is 13.0 Å². The summed E-state index contributed by atoms with van der Waals surface area (Å²) < 4.78 is 32.1. The zero-order chi connectivity index (χ0) is 14.6. The van der Waals surface area contributed by atoms with Crippen LogP contribution in [0.5, 0.6) is 5.75 Å². The Labute approximate surface area is 119 Å². The van der Waals surface area contributed by atoms with E-state index in [-0.39, 0.29) is 4.99 Å². The van der Waals surface area contributed by atoms with Crippen molar-refractivity contribution in [2.75, 3.05) is 11.8 Å². The second-order valence-electron chi connectivity index (χ2n) is 4.15. The van der Waals surface area contributed by atoms with E-state index < -0.39 is 15.3 Å². The van der Waals surface area contributed by atoms with Gasteiger partial charge in [0.1, 0.15) is 11.0 Å². The van der Waals surface area contributed by atoms with Crippen LogP contribution in [0.2, 0.25) is 0 Å². The van der Waals surface area contributed by atoms with Crippen LogP contribution in [-0.2, 0) is 10.0 Å². The van der Waals surface area contributed by atoms with Crippen molar-refractivity contribution in [1.29, 1.82) is 0 Å². The molecule has 0 aliphatic heterocycles. The summed E-state index contributed by atoms with van der Waals surface area (Å²) in [7, 11) is -2.19. The molecule has 0 aliphatic carbocycles. The molecule has 3 N–H and O–H groups in total. The molecule has 1 aromatic rings. The molecule has 0 fully saturated rings. The highest BCUT2D eigenvalue weighted by atomic mass is 32.2. The van der Waals surface area contributed by atoms with E-state index in [4.69, 9.17) is 22.7 Å². The molecular weight excluding hydrogens is 284 g/mol. The van der Waals surface area contributed by atoms with E-state index in [9.17, 15) is 8.42 Å². The Balaban J connectivity index is 3.14. The fraction of sp³-hybridized carbons (Fsp3) is 0.417. The maximum atomic E-state index is 12.2. The number of ether oxygens (including phenoxy) is 1. The van der Waals surface area contributed by atoms with Gasteiger partial charge < -0.3 is 10.5 Å². The van der Waals surface area contributed by atoms with E-state index in [1.54, 1.807) is 19.1 Å². The molecule has 1 rings (SSSR count). The van der Waals surface area contributed by atoms with E-state index in [1.165, 1.54) is 7.11 Å². The molecule has 7 heteroatoms. The second-order valence-corrected chi connectivity index (χ2v) is 6.48. The zero-order valence-corrected chi connectivity index (χ0v) is 12.8. The van der Waals surface area contributed by atoms with Crippen LogP contribution in [0.25, 0.3) is 0 Å². The summed E-state index contributed by atoms with van der Waals surface area (Å²) in [4.78, 5) is -0.0402. The van der Waals surface area contributed by atoms with Crippen molar-refractivity contribution in [1.82, 2.24) is 0 Å².